The van der Waals surface area contributed by atoms with Gasteiger partial charge in [0.2, 0.25) is 0 Å². The fourth-order valence-electron chi connectivity index (χ4n) is 1.41. The highest BCUT2D eigenvalue weighted by molar-refractivity contribution is 9.08. The predicted molar refractivity (Wildman–Crippen MR) is 57.9 cm³/mol. The summed E-state index contributed by atoms with van der Waals surface area (Å²) in [5, 5.41) is 8.96. The molecule has 0 saturated carbocycles. The second-order valence-corrected chi connectivity index (χ2v) is 3.85. The van der Waals surface area contributed by atoms with Gasteiger partial charge in [0, 0.05) is 5.33 Å². The third kappa shape index (κ3) is 2.98. The van der Waals surface area contributed by atoms with Crippen LogP contribution in [0.25, 0.3) is 0 Å². The Bertz CT molecular complexity index is 410. The van der Waals surface area contributed by atoms with Gasteiger partial charge in [-0.25, -0.2) is 8.78 Å². The van der Waals surface area contributed by atoms with Gasteiger partial charge < -0.3 is 5.11 Å². The molecule has 0 atom stereocenters. The van der Waals surface area contributed by atoms with Crippen LogP contribution in [0.1, 0.15) is 28.9 Å². The molecule has 0 unspecified atom stereocenters. The number of aryl methyl sites for hydroxylation is 1. The molecule has 0 spiro atoms. The predicted octanol–water partition coefficient (Wildman–Crippen LogP) is 2.85. The van der Waals surface area contributed by atoms with E-state index in [1.165, 1.54) is 6.07 Å². The van der Waals surface area contributed by atoms with Crippen LogP contribution in [0.15, 0.2) is 6.07 Å². The molecule has 0 bridgehead atoms. The number of carboxylic acid groups (broad SMARTS) is 1. The highest BCUT2D eigenvalue weighted by Gasteiger charge is 2.16. The van der Waals surface area contributed by atoms with E-state index in [0.29, 0.717) is 16.8 Å². The van der Waals surface area contributed by atoms with Gasteiger partial charge in [0.1, 0.15) is 5.69 Å². The SMILES string of the molecule is Cc1cc(C(F)F)nc(CBr)c1CC(=O)O. The zero-order valence-corrected chi connectivity index (χ0v) is 10.1. The van der Waals surface area contributed by atoms with E-state index in [1.54, 1.807) is 6.92 Å². The standard InChI is InChI=1S/C10H10BrF2NO2/c1-5-2-7(10(12)13)14-8(4-11)6(5)3-9(15)16/h2,10H,3-4H2,1H3,(H,15,16). The first kappa shape index (κ1) is 13.0. The molecule has 1 aromatic heterocycles. The minimum atomic E-state index is -2.64. The maximum Gasteiger partial charge on any atom is 0.307 e. The van der Waals surface area contributed by atoms with E-state index in [1.807, 2.05) is 0 Å². The van der Waals surface area contributed by atoms with Gasteiger partial charge in [-0.15, -0.1) is 0 Å². The lowest BCUT2D eigenvalue weighted by atomic mass is 10.0. The molecule has 0 aliphatic carbocycles. The third-order valence-electron chi connectivity index (χ3n) is 2.13. The molecule has 0 aromatic carbocycles. The monoisotopic (exact) mass is 293 g/mol. The topological polar surface area (TPSA) is 50.2 Å². The summed E-state index contributed by atoms with van der Waals surface area (Å²) in [7, 11) is 0. The molecule has 0 fully saturated rings. The van der Waals surface area contributed by atoms with Crippen molar-refractivity contribution in [3.05, 3.63) is 28.6 Å². The van der Waals surface area contributed by atoms with Crippen molar-refractivity contribution in [2.45, 2.75) is 25.1 Å². The first-order chi connectivity index (χ1) is 7.45. The molecule has 88 valence electrons. The van der Waals surface area contributed by atoms with Gasteiger partial charge in [0.05, 0.1) is 12.1 Å². The van der Waals surface area contributed by atoms with E-state index in [0.717, 1.165) is 0 Å². The number of aliphatic carboxylic acids is 1. The van der Waals surface area contributed by atoms with Crippen molar-refractivity contribution in [3.8, 4) is 0 Å². The summed E-state index contributed by atoms with van der Waals surface area (Å²) < 4.78 is 24.9. The number of pyridine rings is 1. The number of halogens is 3. The van der Waals surface area contributed by atoms with E-state index in [9.17, 15) is 13.6 Å². The molecule has 1 aromatic rings. The second kappa shape index (κ2) is 5.34. The minimum Gasteiger partial charge on any atom is -0.481 e. The number of alkyl halides is 3. The van der Waals surface area contributed by atoms with Gasteiger partial charge in [-0.3, -0.25) is 9.78 Å². The zero-order valence-electron chi connectivity index (χ0n) is 8.51. The van der Waals surface area contributed by atoms with Crippen molar-refractivity contribution >= 4 is 21.9 Å². The van der Waals surface area contributed by atoms with E-state index in [4.69, 9.17) is 5.11 Å². The van der Waals surface area contributed by atoms with Crippen LogP contribution in [0.2, 0.25) is 0 Å². The highest BCUT2D eigenvalue weighted by Crippen LogP contribution is 2.23. The highest BCUT2D eigenvalue weighted by atomic mass is 79.9. The lowest BCUT2D eigenvalue weighted by molar-refractivity contribution is -0.136. The summed E-state index contributed by atoms with van der Waals surface area (Å²) in [5.74, 6) is -1.00. The second-order valence-electron chi connectivity index (χ2n) is 3.29. The first-order valence-corrected chi connectivity index (χ1v) is 5.63. The number of nitrogens with zero attached hydrogens (tertiary/aromatic N) is 1. The number of hydrogen-bond acceptors (Lipinski definition) is 2. The maximum atomic E-state index is 12.5. The Labute approximate surface area is 99.6 Å². The molecule has 1 heterocycles. The first-order valence-electron chi connectivity index (χ1n) is 4.51. The van der Waals surface area contributed by atoms with Crippen LogP contribution in [0.5, 0.6) is 0 Å². The van der Waals surface area contributed by atoms with Gasteiger partial charge in [0.25, 0.3) is 6.43 Å². The van der Waals surface area contributed by atoms with E-state index >= 15 is 0 Å². The summed E-state index contributed by atoms with van der Waals surface area (Å²) in [6.07, 6.45) is -2.85. The molecule has 0 aliphatic heterocycles. The van der Waals surface area contributed by atoms with Gasteiger partial charge in [-0.2, -0.15) is 0 Å². The lowest BCUT2D eigenvalue weighted by Crippen LogP contribution is -2.08. The van der Waals surface area contributed by atoms with Crippen molar-refractivity contribution in [3.63, 3.8) is 0 Å². The van der Waals surface area contributed by atoms with Gasteiger partial charge in [-0.1, -0.05) is 15.9 Å². The molecule has 0 saturated heterocycles. The molecule has 6 heteroatoms. The summed E-state index contributed by atoms with van der Waals surface area (Å²) in [4.78, 5) is 14.4. The van der Waals surface area contributed by atoms with Gasteiger partial charge in [-0.05, 0) is 24.1 Å². The van der Waals surface area contributed by atoms with Crippen molar-refractivity contribution in [1.82, 2.24) is 4.98 Å². The number of carbonyl (C=O) groups is 1. The molecular weight excluding hydrogens is 284 g/mol. The average Bonchev–Trinajstić information content (AvgIpc) is 2.19. The summed E-state index contributed by atoms with van der Waals surface area (Å²) in [5.41, 5.74) is 1.06. The largest absolute Gasteiger partial charge is 0.481 e. The van der Waals surface area contributed by atoms with Crippen molar-refractivity contribution < 1.29 is 18.7 Å². The molecule has 0 amide bonds. The van der Waals surface area contributed by atoms with Crippen LogP contribution < -0.4 is 0 Å². The Balaban J connectivity index is 3.22. The Hall–Kier alpha value is -1.04. The Morgan fingerprint density at radius 1 is 1.62 bits per heavy atom. The van der Waals surface area contributed by atoms with E-state index < -0.39 is 12.4 Å². The van der Waals surface area contributed by atoms with E-state index in [-0.39, 0.29) is 17.4 Å². The van der Waals surface area contributed by atoms with E-state index in [2.05, 4.69) is 20.9 Å². The smallest absolute Gasteiger partial charge is 0.307 e. The molecule has 3 nitrogen and oxygen atoms in total. The van der Waals surface area contributed by atoms with Crippen LogP contribution in [0.4, 0.5) is 8.78 Å². The minimum absolute atomic E-state index is 0.205. The van der Waals surface area contributed by atoms with Crippen molar-refractivity contribution in [2.75, 3.05) is 0 Å². The lowest BCUT2D eigenvalue weighted by Gasteiger charge is -2.10. The van der Waals surface area contributed by atoms with Gasteiger partial charge in [0.15, 0.2) is 0 Å². The fraction of sp³-hybridized carbons (Fsp3) is 0.400. The number of carboxylic acids is 1. The molecule has 1 rings (SSSR count). The normalized spacial score (nSPS) is 10.8. The molecule has 16 heavy (non-hydrogen) atoms. The molecule has 0 radical (unpaired) electrons. The summed E-state index contributed by atoms with van der Waals surface area (Å²) in [6.45, 7) is 1.61. The van der Waals surface area contributed by atoms with Crippen molar-refractivity contribution in [1.29, 1.82) is 0 Å². The molecular formula is C10H10BrF2NO2. The fourth-order valence-corrected chi connectivity index (χ4v) is 1.87. The maximum absolute atomic E-state index is 12.5. The zero-order chi connectivity index (χ0) is 12.3. The van der Waals surface area contributed by atoms with Crippen LogP contribution in [-0.2, 0) is 16.5 Å². The average molecular weight is 294 g/mol. The van der Waals surface area contributed by atoms with Gasteiger partial charge >= 0.3 is 5.97 Å². The van der Waals surface area contributed by atoms with Crippen LogP contribution in [-0.4, -0.2) is 16.1 Å². The number of hydrogen-bond donors (Lipinski definition) is 1. The van der Waals surface area contributed by atoms with Crippen molar-refractivity contribution in [2.24, 2.45) is 0 Å². The van der Waals surface area contributed by atoms with Crippen LogP contribution in [0, 0.1) is 6.92 Å². The Morgan fingerprint density at radius 3 is 2.69 bits per heavy atom. The Kier molecular flexibility index (Phi) is 4.35. The number of aromatic nitrogens is 1. The third-order valence-corrected chi connectivity index (χ3v) is 2.66. The van der Waals surface area contributed by atoms with Crippen LogP contribution in [0.3, 0.4) is 0 Å². The summed E-state index contributed by atoms with van der Waals surface area (Å²) in [6, 6.07) is 1.23. The number of rotatable bonds is 4. The Morgan fingerprint density at radius 2 is 2.25 bits per heavy atom. The molecule has 1 N–H and O–H groups in total. The van der Waals surface area contributed by atoms with Crippen LogP contribution >= 0.6 is 15.9 Å². The molecule has 0 aliphatic rings. The quantitative estimate of drug-likeness (QED) is 0.869. The summed E-state index contributed by atoms with van der Waals surface area (Å²) >= 11 is 3.12.